The van der Waals surface area contributed by atoms with Crippen molar-refractivity contribution in [2.45, 2.75) is 44.2 Å². The zero-order valence-electron chi connectivity index (χ0n) is 23.5. The van der Waals surface area contributed by atoms with Gasteiger partial charge in [-0.15, -0.1) is 0 Å². The standard InChI is InChI=1S/C30H42N4O6/c1-32-24(14-20-6-4-11-38-19-20)18-34-29(35)26-16-22(17-27-25(26)9-5-12-39-27)28(21-7-3-8-23(31)15-21)40-13-10-33-30(36)37-2/h3,7-8,15-17,20,24,28,32H,4-6,9-14,18-19,31H2,1-2H3,(H,33,36)(H,34,35). The maximum atomic E-state index is 13.6. The molecule has 0 bridgehead atoms. The van der Waals surface area contributed by atoms with Crippen LogP contribution in [-0.4, -0.2) is 71.7 Å². The predicted octanol–water partition coefficient (Wildman–Crippen LogP) is 3.19. The SMILES string of the molecule is CNC(CNC(=O)c1cc(C(OCCNC(=O)OC)c2cccc(N)c2)cc2c1CCCO2)CC1CCCOC1. The van der Waals surface area contributed by atoms with E-state index in [1.807, 2.05) is 43.4 Å². The van der Waals surface area contributed by atoms with Crippen LogP contribution in [-0.2, 0) is 20.6 Å². The Labute approximate surface area is 236 Å². The maximum Gasteiger partial charge on any atom is 0.406 e. The summed E-state index contributed by atoms with van der Waals surface area (Å²) in [6, 6.07) is 11.5. The Morgan fingerprint density at radius 2 is 2.00 bits per heavy atom. The molecule has 3 atom stereocenters. The monoisotopic (exact) mass is 554 g/mol. The Morgan fingerprint density at radius 1 is 1.12 bits per heavy atom. The highest BCUT2D eigenvalue weighted by Crippen LogP contribution is 2.36. The van der Waals surface area contributed by atoms with Gasteiger partial charge in [-0.05, 0) is 80.5 Å². The van der Waals surface area contributed by atoms with E-state index in [4.69, 9.17) is 19.9 Å². The van der Waals surface area contributed by atoms with Gasteiger partial charge in [0.1, 0.15) is 11.9 Å². The number of methoxy groups -OCH3 is 1. The van der Waals surface area contributed by atoms with Crippen LogP contribution >= 0.6 is 0 Å². The van der Waals surface area contributed by atoms with Crippen LogP contribution in [0.5, 0.6) is 5.75 Å². The van der Waals surface area contributed by atoms with Crippen LogP contribution in [0.15, 0.2) is 36.4 Å². The molecule has 10 heteroatoms. The highest BCUT2D eigenvalue weighted by atomic mass is 16.5. The Bertz CT molecular complexity index is 1140. The zero-order valence-corrected chi connectivity index (χ0v) is 23.5. The van der Waals surface area contributed by atoms with E-state index in [2.05, 4.69) is 20.7 Å². The van der Waals surface area contributed by atoms with E-state index in [1.165, 1.54) is 7.11 Å². The number of nitrogen functional groups attached to an aromatic ring is 1. The van der Waals surface area contributed by atoms with E-state index in [-0.39, 0.29) is 25.1 Å². The summed E-state index contributed by atoms with van der Waals surface area (Å²) in [6.07, 6.45) is 3.74. The van der Waals surface area contributed by atoms with Crippen LogP contribution in [0, 0.1) is 5.92 Å². The second-order valence-corrected chi connectivity index (χ2v) is 10.4. The van der Waals surface area contributed by atoms with E-state index in [9.17, 15) is 9.59 Å². The Hall–Kier alpha value is -3.34. The van der Waals surface area contributed by atoms with Gasteiger partial charge in [0.25, 0.3) is 5.91 Å². The average molecular weight is 555 g/mol. The summed E-state index contributed by atoms with van der Waals surface area (Å²) in [5.41, 5.74) is 9.81. The quantitative estimate of drug-likeness (QED) is 0.232. The van der Waals surface area contributed by atoms with Gasteiger partial charge in [0, 0.05) is 49.2 Å². The van der Waals surface area contributed by atoms with Gasteiger partial charge >= 0.3 is 6.09 Å². The van der Waals surface area contributed by atoms with Gasteiger partial charge in [-0.3, -0.25) is 4.79 Å². The molecule has 2 aromatic rings. The molecule has 5 N–H and O–H groups in total. The minimum atomic E-state index is -0.527. The molecule has 2 aliphatic rings. The van der Waals surface area contributed by atoms with E-state index >= 15 is 0 Å². The van der Waals surface area contributed by atoms with Gasteiger partial charge in [-0.2, -0.15) is 0 Å². The number of benzene rings is 2. The highest BCUT2D eigenvalue weighted by molar-refractivity contribution is 5.96. The van der Waals surface area contributed by atoms with Crippen molar-refractivity contribution >= 4 is 17.7 Å². The largest absolute Gasteiger partial charge is 0.493 e. The molecule has 1 fully saturated rings. The third-order valence-electron chi connectivity index (χ3n) is 7.45. The zero-order chi connectivity index (χ0) is 28.3. The van der Waals surface area contributed by atoms with Crippen molar-refractivity contribution in [1.82, 2.24) is 16.0 Å². The molecule has 3 unspecified atom stereocenters. The lowest BCUT2D eigenvalue weighted by atomic mass is 9.92. The summed E-state index contributed by atoms with van der Waals surface area (Å²) < 4.78 is 22.6. The lowest BCUT2D eigenvalue weighted by Crippen LogP contribution is -2.41. The molecule has 0 aliphatic carbocycles. The minimum absolute atomic E-state index is 0.137. The highest BCUT2D eigenvalue weighted by Gasteiger charge is 2.26. The number of nitrogens with one attached hydrogen (secondary N) is 3. The molecule has 40 heavy (non-hydrogen) atoms. The fourth-order valence-corrected chi connectivity index (χ4v) is 5.36. The third kappa shape index (κ3) is 8.09. The fraction of sp³-hybridized carbons (Fsp3) is 0.533. The second-order valence-electron chi connectivity index (χ2n) is 10.4. The van der Waals surface area contributed by atoms with Crippen LogP contribution < -0.4 is 26.4 Å². The fourth-order valence-electron chi connectivity index (χ4n) is 5.36. The summed E-state index contributed by atoms with van der Waals surface area (Å²) in [5.74, 6) is 1.06. The number of rotatable bonds is 12. The molecule has 4 rings (SSSR count). The Morgan fingerprint density at radius 3 is 2.75 bits per heavy atom. The number of likely N-dealkylation sites (N-methyl/N-ethyl adjacent to an activating group) is 1. The molecule has 2 aromatic carbocycles. The van der Waals surface area contributed by atoms with Crippen molar-refractivity contribution < 1.29 is 28.5 Å². The topological polar surface area (TPSA) is 133 Å². The molecule has 0 radical (unpaired) electrons. The number of carbonyl (C=O) groups is 2. The number of alkyl carbamates (subject to hydrolysis) is 1. The molecule has 2 heterocycles. The van der Waals surface area contributed by atoms with E-state index in [1.54, 1.807) is 0 Å². The lowest BCUT2D eigenvalue weighted by Gasteiger charge is -2.27. The number of carbonyl (C=O) groups excluding carboxylic acids is 2. The first-order valence-electron chi connectivity index (χ1n) is 14.1. The average Bonchev–Trinajstić information content (AvgIpc) is 2.98. The normalized spacial score (nSPS) is 18.1. The number of hydrogen-bond acceptors (Lipinski definition) is 8. The summed E-state index contributed by atoms with van der Waals surface area (Å²) >= 11 is 0. The molecule has 0 saturated carbocycles. The van der Waals surface area contributed by atoms with Crippen LogP contribution in [0.4, 0.5) is 10.5 Å². The smallest absolute Gasteiger partial charge is 0.406 e. The Balaban J connectivity index is 1.55. The Kier molecular flexibility index (Phi) is 11.0. The van der Waals surface area contributed by atoms with Gasteiger partial charge < -0.3 is 40.6 Å². The molecular formula is C30H42N4O6. The molecule has 1 saturated heterocycles. The first-order chi connectivity index (χ1) is 19.5. The summed E-state index contributed by atoms with van der Waals surface area (Å²) in [7, 11) is 3.24. The molecule has 2 amide bonds. The van der Waals surface area contributed by atoms with E-state index < -0.39 is 12.2 Å². The van der Waals surface area contributed by atoms with Crippen LogP contribution in [0.1, 0.15) is 58.8 Å². The number of amides is 2. The molecule has 0 spiro atoms. The van der Waals surface area contributed by atoms with Crippen molar-refractivity contribution in [3.63, 3.8) is 0 Å². The number of ether oxygens (including phenoxy) is 4. The van der Waals surface area contributed by atoms with E-state index in [0.29, 0.717) is 36.1 Å². The maximum absolute atomic E-state index is 13.6. The first kappa shape index (κ1) is 29.6. The van der Waals surface area contributed by atoms with Crippen molar-refractivity contribution in [2.75, 3.05) is 59.4 Å². The molecule has 2 aliphatic heterocycles. The van der Waals surface area contributed by atoms with Gasteiger partial charge in [-0.1, -0.05) is 12.1 Å². The molecule has 218 valence electrons. The minimum Gasteiger partial charge on any atom is -0.493 e. The van der Waals surface area contributed by atoms with Crippen LogP contribution in [0.3, 0.4) is 0 Å². The van der Waals surface area contributed by atoms with Gasteiger partial charge in [0.05, 0.1) is 20.3 Å². The van der Waals surface area contributed by atoms with Crippen molar-refractivity contribution in [1.29, 1.82) is 0 Å². The summed E-state index contributed by atoms with van der Waals surface area (Å²) in [5, 5.41) is 9.14. The molecular weight excluding hydrogens is 512 g/mol. The second kappa shape index (κ2) is 14.9. The van der Waals surface area contributed by atoms with Crippen LogP contribution in [0.25, 0.3) is 0 Å². The summed E-state index contributed by atoms with van der Waals surface area (Å²) in [4.78, 5) is 25.1. The first-order valence-corrected chi connectivity index (χ1v) is 14.1. The van der Waals surface area contributed by atoms with Crippen molar-refractivity contribution in [2.24, 2.45) is 5.92 Å². The van der Waals surface area contributed by atoms with Crippen molar-refractivity contribution in [3.05, 3.63) is 58.7 Å². The van der Waals surface area contributed by atoms with Gasteiger partial charge in [0.15, 0.2) is 0 Å². The van der Waals surface area contributed by atoms with Gasteiger partial charge in [-0.25, -0.2) is 4.79 Å². The predicted molar refractivity (Wildman–Crippen MR) is 153 cm³/mol. The number of fused-ring (bicyclic) bond motifs is 1. The molecule has 0 aromatic heterocycles. The number of nitrogens with two attached hydrogens (primary N) is 1. The van der Waals surface area contributed by atoms with Crippen LogP contribution in [0.2, 0.25) is 0 Å². The third-order valence-corrected chi connectivity index (χ3v) is 7.45. The van der Waals surface area contributed by atoms with Gasteiger partial charge in [0.2, 0.25) is 0 Å². The molecule has 10 nitrogen and oxygen atoms in total. The number of anilines is 1. The lowest BCUT2D eigenvalue weighted by molar-refractivity contribution is 0.0478. The van der Waals surface area contributed by atoms with Crippen molar-refractivity contribution in [3.8, 4) is 5.75 Å². The van der Waals surface area contributed by atoms with E-state index in [0.717, 1.165) is 62.0 Å². The summed E-state index contributed by atoms with van der Waals surface area (Å²) in [6.45, 7) is 3.21. The number of hydrogen-bond donors (Lipinski definition) is 4.